The Balaban J connectivity index is 1.87. The van der Waals surface area contributed by atoms with Crippen molar-refractivity contribution < 1.29 is 9.13 Å². The second-order valence-electron chi connectivity index (χ2n) is 4.08. The fourth-order valence-corrected chi connectivity index (χ4v) is 2.00. The van der Waals surface area contributed by atoms with E-state index in [1.165, 1.54) is 6.07 Å². The van der Waals surface area contributed by atoms with Gasteiger partial charge in [-0.25, -0.2) is 4.39 Å². The lowest BCUT2D eigenvalue weighted by atomic mass is 10.2. The van der Waals surface area contributed by atoms with E-state index in [0.717, 1.165) is 16.8 Å². The van der Waals surface area contributed by atoms with Crippen molar-refractivity contribution in [1.82, 2.24) is 4.98 Å². The summed E-state index contributed by atoms with van der Waals surface area (Å²) in [6.45, 7) is 0.352. The van der Waals surface area contributed by atoms with E-state index in [2.05, 4.69) is 4.98 Å². The van der Waals surface area contributed by atoms with Crippen LogP contribution in [0.2, 0.25) is 0 Å². The molecule has 90 valence electrons. The Hall–Kier alpha value is -2.29. The SMILES string of the molecule is Fc1cccc2[nH]cc(COc3ccccc3)c12. The molecular formula is C15H12FNO. The number of halogens is 1. The van der Waals surface area contributed by atoms with Crippen LogP contribution in [-0.2, 0) is 6.61 Å². The molecule has 3 heteroatoms. The van der Waals surface area contributed by atoms with Crippen molar-refractivity contribution in [3.05, 3.63) is 66.1 Å². The van der Waals surface area contributed by atoms with E-state index in [1.54, 1.807) is 12.3 Å². The standard InChI is InChI=1S/C15H12FNO/c16-13-7-4-8-14-15(13)11(9-17-14)10-18-12-5-2-1-3-6-12/h1-9,17H,10H2. The normalized spacial score (nSPS) is 10.7. The highest BCUT2D eigenvalue weighted by Crippen LogP contribution is 2.22. The minimum Gasteiger partial charge on any atom is -0.489 e. The predicted molar refractivity (Wildman–Crippen MR) is 69.0 cm³/mol. The number of nitrogens with one attached hydrogen (secondary N) is 1. The first-order valence-corrected chi connectivity index (χ1v) is 5.77. The lowest BCUT2D eigenvalue weighted by Crippen LogP contribution is -1.94. The summed E-state index contributed by atoms with van der Waals surface area (Å²) >= 11 is 0. The van der Waals surface area contributed by atoms with Crippen LogP contribution in [0.25, 0.3) is 10.9 Å². The van der Waals surface area contributed by atoms with Gasteiger partial charge in [0.15, 0.2) is 0 Å². The molecule has 1 heterocycles. The summed E-state index contributed by atoms with van der Waals surface area (Å²) in [5, 5.41) is 0.605. The smallest absolute Gasteiger partial charge is 0.132 e. The molecule has 3 aromatic rings. The van der Waals surface area contributed by atoms with Gasteiger partial charge < -0.3 is 9.72 Å². The van der Waals surface area contributed by atoms with Gasteiger partial charge in [-0.15, -0.1) is 0 Å². The molecule has 3 rings (SSSR count). The molecule has 0 aliphatic rings. The third-order valence-corrected chi connectivity index (χ3v) is 2.87. The molecule has 0 unspecified atom stereocenters. The topological polar surface area (TPSA) is 25.0 Å². The summed E-state index contributed by atoms with van der Waals surface area (Å²) in [5.74, 6) is 0.559. The highest BCUT2D eigenvalue weighted by Gasteiger charge is 2.08. The molecule has 1 N–H and O–H groups in total. The number of ether oxygens (including phenoxy) is 1. The maximum Gasteiger partial charge on any atom is 0.132 e. The summed E-state index contributed by atoms with van der Waals surface area (Å²) in [6.07, 6.45) is 1.79. The fourth-order valence-electron chi connectivity index (χ4n) is 2.00. The number of benzene rings is 2. The molecule has 2 nitrogen and oxygen atoms in total. The quantitative estimate of drug-likeness (QED) is 0.739. The van der Waals surface area contributed by atoms with Gasteiger partial charge in [-0.1, -0.05) is 24.3 Å². The Morgan fingerprint density at radius 2 is 1.83 bits per heavy atom. The van der Waals surface area contributed by atoms with Crippen LogP contribution < -0.4 is 4.74 Å². The predicted octanol–water partition coefficient (Wildman–Crippen LogP) is 3.89. The van der Waals surface area contributed by atoms with Gasteiger partial charge in [-0.05, 0) is 24.3 Å². The number of aromatic amines is 1. The molecule has 2 aromatic carbocycles. The molecule has 0 amide bonds. The average Bonchev–Trinajstić information content (AvgIpc) is 2.82. The molecule has 0 saturated carbocycles. The summed E-state index contributed by atoms with van der Waals surface area (Å²) in [7, 11) is 0. The van der Waals surface area contributed by atoms with E-state index in [0.29, 0.717) is 12.0 Å². The number of fused-ring (bicyclic) bond motifs is 1. The monoisotopic (exact) mass is 241 g/mol. The Morgan fingerprint density at radius 3 is 2.67 bits per heavy atom. The van der Waals surface area contributed by atoms with Crippen LogP contribution in [0.3, 0.4) is 0 Å². The molecule has 0 atom stereocenters. The lowest BCUT2D eigenvalue weighted by Gasteiger charge is -2.05. The van der Waals surface area contributed by atoms with Crippen molar-refractivity contribution in [3.8, 4) is 5.75 Å². The first-order valence-electron chi connectivity index (χ1n) is 5.77. The van der Waals surface area contributed by atoms with Gasteiger partial charge in [-0.3, -0.25) is 0 Å². The Labute approximate surface area is 104 Å². The van der Waals surface area contributed by atoms with Crippen molar-refractivity contribution in [2.45, 2.75) is 6.61 Å². The van der Waals surface area contributed by atoms with Crippen LogP contribution in [0, 0.1) is 5.82 Å². The van der Waals surface area contributed by atoms with E-state index in [-0.39, 0.29) is 5.82 Å². The summed E-state index contributed by atoms with van der Waals surface area (Å²) in [5.41, 5.74) is 1.62. The highest BCUT2D eigenvalue weighted by atomic mass is 19.1. The number of para-hydroxylation sites is 1. The highest BCUT2D eigenvalue weighted by molar-refractivity contribution is 5.83. The molecule has 0 fully saturated rings. The van der Waals surface area contributed by atoms with Crippen LogP contribution in [0.4, 0.5) is 4.39 Å². The Bertz CT molecular complexity index is 661. The number of aromatic nitrogens is 1. The molecule has 0 bridgehead atoms. The van der Waals surface area contributed by atoms with Crippen LogP contribution in [0.1, 0.15) is 5.56 Å². The van der Waals surface area contributed by atoms with Gasteiger partial charge in [-0.2, -0.15) is 0 Å². The summed E-state index contributed by atoms with van der Waals surface area (Å²) in [4.78, 5) is 3.05. The van der Waals surface area contributed by atoms with E-state index >= 15 is 0 Å². The molecule has 0 saturated heterocycles. The molecule has 0 aliphatic heterocycles. The maximum atomic E-state index is 13.7. The zero-order valence-corrected chi connectivity index (χ0v) is 9.69. The second kappa shape index (κ2) is 4.53. The van der Waals surface area contributed by atoms with Gasteiger partial charge in [0.25, 0.3) is 0 Å². The number of hydrogen-bond acceptors (Lipinski definition) is 1. The number of rotatable bonds is 3. The number of hydrogen-bond donors (Lipinski definition) is 1. The van der Waals surface area contributed by atoms with Gasteiger partial charge in [0, 0.05) is 22.7 Å². The van der Waals surface area contributed by atoms with E-state index in [9.17, 15) is 4.39 Å². The van der Waals surface area contributed by atoms with Crippen molar-refractivity contribution in [2.24, 2.45) is 0 Å². The van der Waals surface area contributed by atoms with Crippen LogP contribution >= 0.6 is 0 Å². The van der Waals surface area contributed by atoms with Crippen molar-refractivity contribution in [2.75, 3.05) is 0 Å². The van der Waals surface area contributed by atoms with Crippen molar-refractivity contribution >= 4 is 10.9 Å². The van der Waals surface area contributed by atoms with Gasteiger partial charge >= 0.3 is 0 Å². The summed E-state index contributed by atoms with van der Waals surface area (Å²) < 4.78 is 19.4. The average molecular weight is 241 g/mol. The zero-order chi connectivity index (χ0) is 12.4. The Kier molecular flexibility index (Phi) is 2.73. The fraction of sp³-hybridized carbons (Fsp3) is 0.0667. The molecule has 0 spiro atoms. The largest absolute Gasteiger partial charge is 0.489 e. The lowest BCUT2D eigenvalue weighted by molar-refractivity contribution is 0.307. The first-order chi connectivity index (χ1) is 8.84. The van der Waals surface area contributed by atoms with E-state index in [1.807, 2.05) is 36.4 Å². The minimum absolute atomic E-state index is 0.222. The minimum atomic E-state index is -0.222. The third-order valence-electron chi connectivity index (χ3n) is 2.87. The molecular weight excluding hydrogens is 229 g/mol. The molecule has 0 aliphatic carbocycles. The summed E-state index contributed by atoms with van der Waals surface area (Å²) in [6, 6.07) is 14.5. The van der Waals surface area contributed by atoms with E-state index in [4.69, 9.17) is 4.74 Å². The van der Waals surface area contributed by atoms with E-state index < -0.39 is 0 Å². The number of H-pyrrole nitrogens is 1. The van der Waals surface area contributed by atoms with Crippen LogP contribution in [-0.4, -0.2) is 4.98 Å². The zero-order valence-electron chi connectivity index (χ0n) is 9.69. The van der Waals surface area contributed by atoms with Gasteiger partial charge in [0.2, 0.25) is 0 Å². The maximum absolute atomic E-state index is 13.7. The van der Waals surface area contributed by atoms with Crippen LogP contribution in [0.5, 0.6) is 5.75 Å². The molecule has 1 aromatic heterocycles. The second-order valence-corrected chi connectivity index (χ2v) is 4.08. The van der Waals surface area contributed by atoms with Gasteiger partial charge in [0.1, 0.15) is 18.2 Å². The van der Waals surface area contributed by atoms with Crippen LogP contribution in [0.15, 0.2) is 54.7 Å². The molecule has 0 radical (unpaired) electrons. The first kappa shape index (κ1) is 10.8. The van der Waals surface area contributed by atoms with Gasteiger partial charge in [0.05, 0.1) is 0 Å². The Morgan fingerprint density at radius 1 is 1.00 bits per heavy atom. The molecule has 18 heavy (non-hydrogen) atoms. The third kappa shape index (κ3) is 1.95. The van der Waals surface area contributed by atoms with Crippen molar-refractivity contribution in [1.29, 1.82) is 0 Å². The van der Waals surface area contributed by atoms with Crippen molar-refractivity contribution in [3.63, 3.8) is 0 Å².